The summed E-state index contributed by atoms with van der Waals surface area (Å²) in [6, 6.07) is 9.00. The van der Waals surface area contributed by atoms with E-state index in [0.29, 0.717) is 6.04 Å². The third kappa shape index (κ3) is 4.52. The molecule has 1 aliphatic carbocycles. The van der Waals surface area contributed by atoms with E-state index in [1.807, 2.05) is 30.0 Å². The van der Waals surface area contributed by atoms with E-state index in [1.165, 1.54) is 17.7 Å². The van der Waals surface area contributed by atoms with Gasteiger partial charge in [0.25, 0.3) is 0 Å². The summed E-state index contributed by atoms with van der Waals surface area (Å²) < 4.78 is 5.20. The summed E-state index contributed by atoms with van der Waals surface area (Å²) >= 11 is 1.81. The minimum Gasteiger partial charge on any atom is -0.497 e. The van der Waals surface area contributed by atoms with Crippen molar-refractivity contribution in [2.45, 2.75) is 36.2 Å². The van der Waals surface area contributed by atoms with Gasteiger partial charge in [-0.2, -0.15) is 0 Å². The lowest BCUT2D eigenvalue weighted by atomic mass is 10.2. The van der Waals surface area contributed by atoms with Crippen LogP contribution in [0.25, 0.3) is 0 Å². The third-order valence-corrected chi connectivity index (χ3v) is 4.07. The smallest absolute Gasteiger partial charge is 0.119 e. The zero-order valence-corrected chi connectivity index (χ0v) is 11.6. The van der Waals surface area contributed by atoms with Crippen molar-refractivity contribution < 1.29 is 9.84 Å². The molecule has 0 radical (unpaired) electrons. The Labute approximate surface area is 113 Å². The Morgan fingerprint density at radius 1 is 1.50 bits per heavy atom. The Kier molecular flexibility index (Phi) is 5.35. The van der Waals surface area contributed by atoms with Crippen LogP contribution in [0.5, 0.6) is 5.75 Å². The van der Waals surface area contributed by atoms with Crippen LogP contribution in [0.4, 0.5) is 0 Å². The second-order valence-corrected chi connectivity index (χ2v) is 5.80. The van der Waals surface area contributed by atoms with Gasteiger partial charge in [0, 0.05) is 17.0 Å². The number of ether oxygens (including phenoxy) is 1. The molecule has 1 aliphatic rings. The lowest BCUT2D eigenvalue weighted by molar-refractivity contribution is 0.239. The standard InChI is InChI=1S/C14H21NO2S/c1-17-13-3-2-4-14(9-13)18-8-7-12(10-16)15-11-5-6-11/h2-4,9,11-12,15-16H,5-8,10H2,1H3. The van der Waals surface area contributed by atoms with Gasteiger partial charge in [-0.05, 0) is 43.2 Å². The van der Waals surface area contributed by atoms with E-state index in [9.17, 15) is 5.11 Å². The molecule has 4 heteroatoms. The van der Waals surface area contributed by atoms with Crippen molar-refractivity contribution in [2.24, 2.45) is 0 Å². The van der Waals surface area contributed by atoms with Crippen LogP contribution in [0.3, 0.4) is 0 Å². The molecule has 1 aromatic rings. The second-order valence-electron chi connectivity index (χ2n) is 4.64. The SMILES string of the molecule is COc1cccc(SCCC(CO)NC2CC2)c1. The summed E-state index contributed by atoms with van der Waals surface area (Å²) in [6.07, 6.45) is 3.52. The van der Waals surface area contributed by atoms with E-state index in [4.69, 9.17) is 4.74 Å². The average molecular weight is 267 g/mol. The highest BCUT2D eigenvalue weighted by Gasteiger charge is 2.23. The zero-order chi connectivity index (χ0) is 12.8. The topological polar surface area (TPSA) is 41.5 Å². The summed E-state index contributed by atoms with van der Waals surface area (Å²) in [6.45, 7) is 0.231. The molecule has 0 saturated heterocycles. The van der Waals surface area contributed by atoms with Crippen molar-refractivity contribution in [3.05, 3.63) is 24.3 Å². The maximum atomic E-state index is 9.29. The first kappa shape index (κ1) is 13.7. The van der Waals surface area contributed by atoms with Crippen molar-refractivity contribution >= 4 is 11.8 Å². The van der Waals surface area contributed by atoms with Crippen LogP contribution in [-0.4, -0.2) is 36.7 Å². The molecule has 0 bridgehead atoms. The molecule has 3 nitrogen and oxygen atoms in total. The largest absolute Gasteiger partial charge is 0.497 e. The lowest BCUT2D eigenvalue weighted by Gasteiger charge is -2.15. The average Bonchev–Trinajstić information content (AvgIpc) is 3.22. The number of methoxy groups -OCH3 is 1. The molecule has 0 aromatic heterocycles. The van der Waals surface area contributed by atoms with Crippen LogP contribution >= 0.6 is 11.8 Å². The molecular formula is C14H21NO2S. The van der Waals surface area contributed by atoms with E-state index >= 15 is 0 Å². The van der Waals surface area contributed by atoms with Gasteiger partial charge in [0.2, 0.25) is 0 Å². The molecule has 1 aromatic carbocycles. The third-order valence-electron chi connectivity index (χ3n) is 3.05. The first-order chi connectivity index (χ1) is 8.81. The van der Waals surface area contributed by atoms with Gasteiger partial charge >= 0.3 is 0 Å². The number of hydrogen-bond acceptors (Lipinski definition) is 4. The van der Waals surface area contributed by atoms with Gasteiger partial charge in [-0.1, -0.05) is 6.07 Å². The number of thioether (sulfide) groups is 1. The predicted octanol–water partition coefficient (Wildman–Crippen LogP) is 2.29. The van der Waals surface area contributed by atoms with Crippen molar-refractivity contribution in [3.63, 3.8) is 0 Å². The van der Waals surface area contributed by atoms with E-state index < -0.39 is 0 Å². The first-order valence-corrected chi connectivity index (χ1v) is 7.44. The number of aliphatic hydroxyl groups is 1. The highest BCUT2D eigenvalue weighted by atomic mass is 32.2. The van der Waals surface area contributed by atoms with Crippen LogP contribution in [0.15, 0.2) is 29.2 Å². The Bertz CT molecular complexity index is 369. The monoisotopic (exact) mass is 267 g/mol. The number of nitrogens with one attached hydrogen (secondary N) is 1. The minimum atomic E-state index is 0.231. The molecular weight excluding hydrogens is 246 g/mol. The molecule has 1 fully saturated rings. The summed E-state index contributed by atoms with van der Waals surface area (Å²) in [5, 5.41) is 12.8. The van der Waals surface area contributed by atoms with Gasteiger partial charge in [0.05, 0.1) is 13.7 Å². The fourth-order valence-electron chi connectivity index (χ4n) is 1.82. The molecule has 2 N–H and O–H groups in total. The summed E-state index contributed by atoms with van der Waals surface area (Å²) in [7, 11) is 1.69. The molecule has 0 spiro atoms. The molecule has 1 unspecified atom stereocenters. The molecule has 2 rings (SSSR count). The Balaban J connectivity index is 1.72. The van der Waals surface area contributed by atoms with Crippen LogP contribution in [-0.2, 0) is 0 Å². The molecule has 0 aliphatic heterocycles. The maximum absolute atomic E-state index is 9.29. The van der Waals surface area contributed by atoms with Crippen molar-refractivity contribution in [1.29, 1.82) is 0 Å². The van der Waals surface area contributed by atoms with E-state index in [-0.39, 0.29) is 12.6 Å². The van der Waals surface area contributed by atoms with E-state index in [2.05, 4.69) is 11.4 Å². The summed E-state index contributed by atoms with van der Waals surface area (Å²) in [4.78, 5) is 1.22. The van der Waals surface area contributed by atoms with Gasteiger partial charge in [0.1, 0.15) is 5.75 Å². The minimum absolute atomic E-state index is 0.231. The van der Waals surface area contributed by atoms with Crippen LogP contribution in [0.2, 0.25) is 0 Å². The summed E-state index contributed by atoms with van der Waals surface area (Å²) in [5.41, 5.74) is 0. The Hall–Kier alpha value is -0.710. The first-order valence-electron chi connectivity index (χ1n) is 6.45. The fraction of sp³-hybridized carbons (Fsp3) is 0.571. The molecule has 0 heterocycles. The van der Waals surface area contributed by atoms with Crippen LogP contribution in [0, 0.1) is 0 Å². The number of benzene rings is 1. The quantitative estimate of drug-likeness (QED) is 0.709. The molecule has 0 amide bonds. The number of aliphatic hydroxyl groups excluding tert-OH is 1. The highest BCUT2D eigenvalue weighted by Crippen LogP contribution is 2.24. The molecule has 100 valence electrons. The zero-order valence-electron chi connectivity index (χ0n) is 10.8. The van der Waals surface area contributed by atoms with E-state index in [0.717, 1.165) is 17.9 Å². The number of rotatable bonds is 8. The Morgan fingerprint density at radius 2 is 2.33 bits per heavy atom. The van der Waals surface area contributed by atoms with Gasteiger partial charge in [0.15, 0.2) is 0 Å². The second kappa shape index (κ2) is 7.02. The predicted molar refractivity (Wildman–Crippen MR) is 75.4 cm³/mol. The van der Waals surface area contributed by atoms with Crippen molar-refractivity contribution in [2.75, 3.05) is 19.5 Å². The van der Waals surface area contributed by atoms with Gasteiger partial charge in [-0.25, -0.2) is 0 Å². The van der Waals surface area contributed by atoms with Gasteiger partial charge in [-0.15, -0.1) is 11.8 Å². The van der Waals surface area contributed by atoms with Crippen LogP contribution < -0.4 is 10.1 Å². The molecule has 1 saturated carbocycles. The van der Waals surface area contributed by atoms with Gasteiger partial charge in [-0.3, -0.25) is 0 Å². The molecule has 1 atom stereocenters. The van der Waals surface area contributed by atoms with Crippen molar-refractivity contribution in [3.8, 4) is 5.75 Å². The highest BCUT2D eigenvalue weighted by molar-refractivity contribution is 7.99. The molecule has 18 heavy (non-hydrogen) atoms. The maximum Gasteiger partial charge on any atom is 0.119 e. The van der Waals surface area contributed by atoms with Gasteiger partial charge < -0.3 is 15.2 Å². The van der Waals surface area contributed by atoms with E-state index in [1.54, 1.807) is 7.11 Å². The number of hydrogen-bond donors (Lipinski definition) is 2. The summed E-state index contributed by atoms with van der Waals surface area (Å²) in [5.74, 6) is 1.91. The Morgan fingerprint density at radius 3 is 3.00 bits per heavy atom. The van der Waals surface area contributed by atoms with Crippen molar-refractivity contribution in [1.82, 2.24) is 5.32 Å². The lowest BCUT2D eigenvalue weighted by Crippen LogP contribution is -2.34. The normalized spacial score (nSPS) is 16.6. The van der Waals surface area contributed by atoms with Crippen LogP contribution in [0.1, 0.15) is 19.3 Å². The fourth-order valence-corrected chi connectivity index (χ4v) is 2.83.